The number of sulfone groups is 1. The summed E-state index contributed by atoms with van der Waals surface area (Å²) in [4.78, 5) is 4.55. The predicted molar refractivity (Wildman–Crippen MR) is 123 cm³/mol. The van der Waals surface area contributed by atoms with Gasteiger partial charge in [0.1, 0.15) is 5.75 Å². The third-order valence-corrected chi connectivity index (χ3v) is 6.64. The van der Waals surface area contributed by atoms with Crippen LogP contribution >= 0.6 is 0 Å². The first-order valence-corrected chi connectivity index (χ1v) is 11.8. The average Bonchev–Trinajstić information content (AvgIpc) is 3.25. The molecule has 0 saturated carbocycles. The number of hydrogen-bond acceptors (Lipinski definition) is 6. The fourth-order valence-electron chi connectivity index (χ4n) is 3.30. The SMILES string of the molecule is CCOc1ccc(-c2nc(S(=O)(=O)c3ccccc3)c(NC(C)c3ccccc3)o2)cc1. The second kappa shape index (κ2) is 9.28. The predicted octanol–water partition coefficient (Wildman–Crippen LogP) is 5.75. The molecule has 6 nitrogen and oxygen atoms in total. The van der Waals surface area contributed by atoms with Crippen LogP contribution in [0.1, 0.15) is 25.5 Å². The second-order valence-corrected chi connectivity index (χ2v) is 9.07. The Balaban J connectivity index is 1.76. The van der Waals surface area contributed by atoms with E-state index in [0.717, 1.165) is 11.3 Å². The van der Waals surface area contributed by atoms with Crippen LogP contribution in [-0.4, -0.2) is 20.0 Å². The van der Waals surface area contributed by atoms with E-state index >= 15 is 0 Å². The standard InChI is InChI=1S/C25H24N2O4S/c1-3-30-21-16-14-20(15-17-21)23-27-25(32(28,29)22-12-8-5-9-13-22)24(31-23)26-18(2)19-10-6-4-7-11-19/h4-18,26H,3H2,1-2H3. The van der Waals surface area contributed by atoms with Gasteiger partial charge < -0.3 is 14.5 Å². The average molecular weight is 449 g/mol. The third-order valence-electron chi connectivity index (χ3n) is 4.96. The van der Waals surface area contributed by atoms with Crippen molar-refractivity contribution in [3.05, 3.63) is 90.5 Å². The van der Waals surface area contributed by atoms with E-state index in [-0.39, 0.29) is 27.7 Å². The largest absolute Gasteiger partial charge is 0.494 e. The van der Waals surface area contributed by atoms with Crippen LogP contribution in [0.5, 0.6) is 5.75 Å². The molecule has 4 rings (SSSR count). The van der Waals surface area contributed by atoms with Crippen molar-refractivity contribution < 1.29 is 17.6 Å². The van der Waals surface area contributed by atoms with Gasteiger partial charge in [-0.05, 0) is 55.8 Å². The first-order valence-electron chi connectivity index (χ1n) is 10.3. The van der Waals surface area contributed by atoms with Crippen LogP contribution < -0.4 is 10.1 Å². The van der Waals surface area contributed by atoms with Crippen molar-refractivity contribution >= 4 is 15.7 Å². The summed E-state index contributed by atoms with van der Waals surface area (Å²) in [6.45, 7) is 4.41. The van der Waals surface area contributed by atoms with Crippen LogP contribution in [0.2, 0.25) is 0 Å². The molecule has 0 aliphatic rings. The summed E-state index contributed by atoms with van der Waals surface area (Å²) in [6, 6.07) is 24.9. The zero-order valence-electron chi connectivity index (χ0n) is 17.9. The van der Waals surface area contributed by atoms with Crippen LogP contribution in [0.25, 0.3) is 11.5 Å². The van der Waals surface area contributed by atoms with E-state index in [1.807, 2.05) is 44.2 Å². The van der Waals surface area contributed by atoms with Crippen LogP contribution in [-0.2, 0) is 9.84 Å². The Morgan fingerprint density at radius 3 is 2.19 bits per heavy atom. The molecule has 3 aromatic carbocycles. The van der Waals surface area contributed by atoms with Gasteiger partial charge >= 0.3 is 0 Å². The molecule has 4 aromatic rings. The Bertz CT molecular complexity index is 1270. The molecular weight excluding hydrogens is 424 g/mol. The maximum atomic E-state index is 13.4. The van der Waals surface area contributed by atoms with Gasteiger partial charge in [0, 0.05) is 5.56 Å². The molecule has 32 heavy (non-hydrogen) atoms. The van der Waals surface area contributed by atoms with E-state index in [1.165, 1.54) is 0 Å². The molecule has 0 aliphatic heterocycles. The normalized spacial score (nSPS) is 12.3. The summed E-state index contributed by atoms with van der Waals surface area (Å²) in [7, 11) is -3.89. The molecule has 1 heterocycles. The first kappa shape index (κ1) is 21.6. The first-order chi connectivity index (χ1) is 15.5. The number of oxazole rings is 1. The summed E-state index contributed by atoms with van der Waals surface area (Å²) in [5.41, 5.74) is 1.65. The minimum Gasteiger partial charge on any atom is -0.494 e. The topological polar surface area (TPSA) is 81.4 Å². The summed E-state index contributed by atoms with van der Waals surface area (Å²) >= 11 is 0. The van der Waals surface area contributed by atoms with Crippen molar-refractivity contribution in [3.8, 4) is 17.2 Å². The number of hydrogen-bond donors (Lipinski definition) is 1. The summed E-state index contributed by atoms with van der Waals surface area (Å²) in [5, 5.41) is 3.05. The van der Waals surface area contributed by atoms with Gasteiger partial charge in [-0.2, -0.15) is 4.98 Å². The van der Waals surface area contributed by atoms with Gasteiger partial charge in [-0.3, -0.25) is 0 Å². The van der Waals surface area contributed by atoms with Crippen LogP contribution in [0.15, 0.2) is 99.3 Å². The van der Waals surface area contributed by atoms with Crippen molar-refractivity contribution in [3.63, 3.8) is 0 Å². The Morgan fingerprint density at radius 1 is 0.938 bits per heavy atom. The highest BCUT2D eigenvalue weighted by molar-refractivity contribution is 7.91. The van der Waals surface area contributed by atoms with Crippen LogP contribution in [0, 0.1) is 0 Å². The lowest BCUT2D eigenvalue weighted by molar-refractivity contribution is 0.340. The number of rotatable bonds is 8. The highest BCUT2D eigenvalue weighted by Crippen LogP contribution is 2.34. The van der Waals surface area contributed by atoms with Gasteiger partial charge in [0.25, 0.3) is 0 Å². The third kappa shape index (κ3) is 4.53. The molecule has 0 spiro atoms. The van der Waals surface area contributed by atoms with Crippen LogP contribution in [0.4, 0.5) is 5.88 Å². The fraction of sp³-hybridized carbons (Fsp3) is 0.160. The molecule has 0 aliphatic carbocycles. The fourth-order valence-corrected chi connectivity index (χ4v) is 4.58. The van der Waals surface area contributed by atoms with Crippen molar-refractivity contribution in [1.29, 1.82) is 0 Å². The van der Waals surface area contributed by atoms with Gasteiger partial charge in [0.2, 0.25) is 26.6 Å². The molecule has 0 radical (unpaired) electrons. The second-order valence-electron chi connectivity index (χ2n) is 7.20. The van der Waals surface area contributed by atoms with Gasteiger partial charge in [-0.25, -0.2) is 8.42 Å². The van der Waals surface area contributed by atoms with E-state index in [1.54, 1.807) is 54.6 Å². The number of nitrogens with one attached hydrogen (secondary N) is 1. The monoisotopic (exact) mass is 448 g/mol. The quantitative estimate of drug-likeness (QED) is 0.370. The molecular formula is C25H24N2O4S. The summed E-state index contributed by atoms with van der Waals surface area (Å²) in [6.07, 6.45) is 0. The van der Waals surface area contributed by atoms with Crippen LogP contribution in [0.3, 0.4) is 0 Å². The lowest BCUT2D eigenvalue weighted by Crippen LogP contribution is -2.10. The number of anilines is 1. The van der Waals surface area contributed by atoms with Gasteiger partial charge in [-0.1, -0.05) is 48.5 Å². The number of ether oxygens (including phenoxy) is 1. The zero-order chi connectivity index (χ0) is 22.6. The molecule has 7 heteroatoms. The maximum absolute atomic E-state index is 13.4. The number of nitrogens with zero attached hydrogens (tertiary/aromatic N) is 1. The van der Waals surface area contributed by atoms with Crippen molar-refractivity contribution in [2.45, 2.75) is 29.8 Å². The van der Waals surface area contributed by atoms with Crippen molar-refractivity contribution in [2.75, 3.05) is 11.9 Å². The van der Waals surface area contributed by atoms with E-state index in [4.69, 9.17) is 9.15 Å². The lowest BCUT2D eigenvalue weighted by Gasteiger charge is -2.14. The Kier molecular flexibility index (Phi) is 6.28. The molecule has 1 aromatic heterocycles. The highest BCUT2D eigenvalue weighted by atomic mass is 32.2. The molecule has 0 amide bonds. The number of aromatic nitrogens is 1. The molecule has 1 N–H and O–H groups in total. The summed E-state index contributed by atoms with van der Waals surface area (Å²) in [5.74, 6) is 1.04. The van der Waals surface area contributed by atoms with Gasteiger partial charge in [0.05, 0.1) is 17.5 Å². The van der Waals surface area contributed by atoms with E-state index < -0.39 is 9.84 Å². The minimum absolute atomic E-state index is 0.106. The van der Waals surface area contributed by atoms with E-state index in [9.17, 15) is 8.42 Å². The highest BCUT2D eigenvalue weighted by Gasteiger charge is 2.29. The Labute approximate surface area is 187 Å². The molecule has 0 fully saturated rings. The Morgan fingerprint density at radius 2 is 1.56 bits per heavy atom. The van der Waals surface area contributed by atoms with Crippen molar-refractivity contribution in [2.24, 2.45) is 0 Å². The number of benzene rings is 3. The molecule has 0 bridgehead atoms. The van der Waals surface area contributed by atoms with Gasteiger partial charge in [-0.15, -0.1) is 0 Å². The molecule has 1 unspecified atom stereocenters. The van der Waals surface area contributed by atoms with E-state index in [0.29, 0.717) is 12.2 Å². The zero-order valence-corrected chi connectivity index (χ0v) is 18.7. The van der Waals surface area contributed by atoms with Gasteiger partial charge in [0.15, 0.2) is 0 Å². The smallest absolute Gasteiger partial charge is 0.234 e. The van der Waals surface area contributed by atoms with E-state index in [2.05, 4.69) is 10.3 Å². The summed E-state index contributed by atoms with van der Waals surface area (Å²) < 4.78 is 38.2. The maximum Gasteiger partial charge on any atom is 0.234 e. The molecule has 1 atom stereocenters. The minimum atomic E-state index is -3.89. The molecule has 0 saturated heterocycles. The molecule has 164 valence electrons. The lowest BCUT2D eigenvalue weighted by atomic mass is 10.1. The Hall–Kier alpha value is -3.58. The van der Waals surface area contributed by atoms with Crippen molar-refractivity contribution in [1.82, 2.24) is 4.98 Å².